The zero-order valence-electron chi connectivity index (χ0n) is 23.3. The van der Waals surface area contributed by atoms with E-state index in [1.165, 1.54) is 21.6 Å². The molecule has 1 nitrogen and oxygen atoms in total. The van der Waals surface area contributed by atoms with E-state index in [1.54, 1.807) is 0 Å². The summed E-state index contributed by atoms with van der Waals surface area (Å²) in [5, 5.41) is 4.61. The summed E-state index contributed by atoms with van der Waals surface area (Å²) in [7, 11) is 0. The fraction of sp³-hybridized carbons (Fsp3) is 0.216. The molecule has 0 radical (unpaired) electrons. The summed E-state index contributed by atoms with van der Waals surface area (Å²) in [6, 6.07) is 13.0. The molecule has 2 aromatic carbocycles. The number of rotatable bonds is 9. The molecule has 0 fully saturated rings. The van der Waals surface area contributed by atoms with Crippen LogP contribution in [0.1, 0.15) is 57.6 Å². The third-order valence-corrected chi connectivity index (χ3v) is 6.54. The fourth-order valence-electron chi connectivity index (χ4n) is 4.53. The number of allylic oxidation sites excluding steroid dienone is 10. The highest BCUT2D eigenvalue weighted by Crippen LogP contribution is 2.17. The van der Waals surface area contributed by atoms with Crippen molar-refractivity contribution >= 4 is 23.8 Å². The lowest BCUT2D eigenvalue weighted by Gasteiger charge is -2.10. The first kappa shape index (κ1) is 28.6. The lowest BCUT2D eigenvalue weighted by atomic mass is 9.95. The summed E-state index contributed by atoms with van der Waals surface area (Å²) < 4.78 is 0. The Morgan fingerprint density at radius 3 is 2.45 bits per heavy atom. The van der Waals surface area contributed by atoms with Gasteiger partial charge in [-0.1, -0.05) is 131 Å². The molecule has 1 aliphatic heterocycles. The van der Waals surface area contributed by atoms with E-state index in [4.69, 9.17) is 4.99 Å². The number of benzene rings is 2. The Morgan fingerprint density at radius 2 is 1.74 bits per heavy atom. The van der Waals surface area contributed by atoms with E-state index in [9.17, 15) is 0 Å². The largest absolute Gasteiger partial charge is 0.256 e. The number of hydrogen-bond acceptors (Lipinski definition) is 1. The van der Waals surface area contributed by atoms with E-state index in [-0.39, 0.29) is 0 Å². The van der Waals surface area contributed by atoms with Crippen LogP contribution >= 0.6 is 0 Å². The number of fused-ring (bicyclic) bond motifs is 1. The third kappa shape index (κ3) is 7.76. The van der Waals surface area contributed by atoms with E-state index in [2.05, 4.69) is 125 Å². The van der Waals surface area contributed by atoms with Gasteiger partial charge < -0.3 is 0 Å². The summed E-state index contributed by atoms with van der Waals surface area (Å²) >= 11 is 0. The van der Waals surface area contributed by atoms with Gasteiger partial charge in [-0.05, 0) is 70.9 Å². The first-order valence-electron chi connectivity index (χ1n) is 13.8. The highest BCUT2D eigenvalue weighted by Gasteiger charge is 2.07. The van der Waals surface area contributed by atoms with Gasteiger partial charge in [-0.3, -0.25) is 4.99 Å². The molecule has 0 N–H and O–H groups in total. The van der Waals surface area contributed by atoms with Crippen molar-refractivity contribution in [3.05, 3.63) is 148 Å². The molecule has 0 atom stereocenters. The summed E-state index contributed by atoms with van der Waals surface area (Å²) in [6.07, 6.45) is 30.1. The topological polar surface area (TPSA) is 12.4 Å². The Labute approximate surface area is 229 Å². The second-order valence-electron chi connectivity index (χ2n) is 9.25. The van der Waals surface area contributed by atoms with Crippen molar-refractivity contribution < 1.29 is 0 Å². The smallest absolute Gasteiger partial charge is 0.0783 e. The van der Waals surface area contributed by atoms with Crippen molar-refractivity contribution in [2.75, 3.05) is 0 Å². The Hall–Kier alpha value is -3.97. The van der Waals surface area contributed by atoms with E-state index in [0.717, 1.165) is 59.4 Å². The second kappa shape index (κ2) is 15.3. The van der Waals surface area contributed by atoms with E-state index < -0.39 is 0 Å². The van der Waals surface area contributed by atoms with E-state index in [0.29, 0.717) is 0 Å². The van der Waals surface area contributed by atoms with Gasteiger partial charge >= 0.3 is 0 Å². The molecule has 0 saturated heterocycles. The molecule has 0 bridgehead atoms. The number of aryl methyl sites for hydroxylation is 1. The van der Waals surface area contributed by atoms with Gasteiger partial charge in [0.15, 0.2) is 0 Å². The average Bonchev–Trinajstić information content (AvgIpc) is 2.98. The molecule has 3 rings (SSSR count). The predicted molar refractivity (Wildman–Crippen MR) is 168 cm³/mol. The van der Waals surface area contributed by atoms with Crippen molar-refractivity contribution in [1.82, 2.24) is 0 Å². The van der Waals surface area contributed by atoms with Crippen LogP contribution in [0.4, 0.5) is 0 Å². The van der Waals surface area contributed by atoms with Gasteiger partial charge in [-0.25, -0.2) is 0 Å². The Bertz CT molecular complexity index is 1530. The fourth-order valence-corrected chi connectivity index (χ4v) is 4.53. The van der Waals surface area contributed by atoms with Crippen molar-refractivity contribution in [2.24, 2.45) is 4.99 Å². The van der Waals surface area contributed by atoms with Crippen molar-refractivity contribution in [3.63, 3.8) is 0 Å². The van der Waals surface area contributed by atoms with Crippen LogP contribution in [0.15, 0.2) is 121 Å². The maximum atomic E-state index is 4.96. The Balaban J connectivity index is 2.21. The molecule has 1 heteroatoms. The van der Waals surface area contributed by atoms with E-state index >= 15 is 0 Å². The van der Waals surface area contributed by atoms with Crippen LogP contribution in [0.2, 0.25) is 0 Å². The first-order valence-corrected chi connectivity index (χ1v) is 13.8. The van der Waals surface area contributed by atoms with Crippen LogP contribution in [-0.4, -0.2) is 0 Å². The molecule has 1 heterocycles. The zero-order valence-corrected chi connectivity index (χ0v) is 23.3. The van der Waals surface area contributed by atoms with Gasteiger partial charge in [0, 0.05) is 17.0 Å². The maximum absolute atomic E-state index is 4.96. The SMILES string of the molecule is C=C/C(=C\C(=C)C1=c2ccc(CC)c(/C=C\CC)c2=N/C=C/C=C/CC=C1)C/C=c1/cccc/c1=C/CC. The first-order chi connectivity index (χ1) is 18.6. The van der Waals surface area contributed by atoms with Crippen LogP contribution in [0.3, 0.4) is 0 Å². The van der Waals surface area contributed by atoms with Gasteiger partial charge in [-0.2, -0.15) is 0 Å². The van der Waals surface area contributed by atoms with Crippen LogP contribution in [0, 0.1) is 0 Å². The van der Waals surface area contributed by atoms with Crippen LogP contribution in [0.25, 0.3) is 23.8 Å². The normalized spacial score (nSPS) is 16.6. The maximum Gasteiger partial charge on any atom is 0.0783 e. The predicted octanol–water partition coefficient (Wildman–Crippen LogP) is 7.20. The lowest BCUT2D eigenvalue weighted by Crippen LogP contribution is -2.31. The molecule has 0 amide bonds. The standard InChI is InChI=1S/C37H41N/c1-6-10-21-35-31(9-4)25-26-36-34(22-14-12-11-13-17-27-38-37(35)36)29(5)28-30(8-3)23-24-33-20-16-15-19-32(33)18-7-2/h8,10-11,13-22,24-28H,3,5-7,9,12,23H2,1-2,4H3/b13-11+,21-10-,22-14?,27-17+,30-28+,32-18-,33-24-,36-34?,38-37?. The molecule has 194 valence electrons. The molecular formula is C37H41N. The van der Waals surface area contributed by atoms with Gasteiger partial charge in [0.05, 0.1) is 5.36 Å². The van der Waals surface area contributed by atoms with Crippen molar-refractivity contribution in [2.45, 2.75) is 52.9 Å². The number of hydrogen-bond donors (Lipinski definition) is 0. The minimum atomic E-state index is 0.788. The van der Waals surface area contributed by atoms with Gasteiger partial charge in [-0.15, -0.1) is 0 Å². The summed E-state index contributed by atoms with van der Waals surface area (Å²) in [6.45, 7) is 15.2. The van der Waals surface area contributed by atoms with Gasteiger partial charge in [0.25, 0.3) is 0 Å². The molecule has 0 spiro atoms. The molecule has 1 aliphatic rings. The molecule has 2 aromatic rings. The van der Waals surface area contributed by atoms with Crippen LogP contribution in [0.5, 0.6) is 0 Å². The molecule has 38 heavy (non-hydrogen) atoms. The quantitative estimate of drug-likeness (QED) is 0.324. The molecule has 0 saturated carbocycles. The van der Waals surface area contributed by atoms with Crippen molar-refractivity contribution in [3.8, 4) is 0 Å². The van der Waals surface area contributed by atoms with Gasteiger partial charge in [0.1, 0.15) is 0 Å². The van der Waals surface area contributed by atoms with Gasteiger partial charge in [0.2, 0.25) is 0 Å². The number of nitrogens with zero attached hydrogens (tertiary/aromatic N) is 1. The third-order valence-electron chi connectivity index (χ3n) is 6.54. The lowest BCUT2D eigenvalue weighted by molar-refractivity contribution is 1.10. The van der Waals surface area contributed by atoms with Crippen LogP contribution < -0.4 is 21.0 Å². The minimum Gasteiger partial charge on any atom is -0.256 e. The van der Waals surface area contributed by atoms with Crippen molar-refractivity contribution in [1.29, 1.82) is 0 Å². The highest BCUT2D eigenvalue weighted by molar-refractivity contribution is 5.76. The zero-order chi connectivity index (χ0) is 27.2. The minimum absolute atomic E-state index is 0.788. The van der Waals surface area contributed by atoms with E-state index in [1.807, 2.05) is 18.4 Å². The summed E-state index contributed by atoms with van der Waals surface area (Å²) in [5.41, 5.74) is 5.65. The second-order valence-corrected chi connectivity index (χ2v) is 9.25. The summed E-state index contributed by atoms with van der Waals surface area (Å²) in [4.78, 5) is 4.96. The molecule has 0 aliphatic carbocycles. The highest BCUT2D eigenvalue weighted by atomic mass is 14.7. The Kier molecular flexibility index (Phi) is 11.5. The molecule has 0 unspecified atom stereocenters. The molecular weight excluding hydrogens is 458 g/mol. The van der Waals surface area contributed by atoms with Crippen LogP contribution in [-0.2, 0) is 6.42 Å². The molecule has 0 aromatic heterocycles. The average molecular weight is 500 g/mol. The Morgan fingerprint density at radius 1 is 0.947 bits per heavy atom. The monoisotopic (exact) mass is 499 g/mol. The summed E-state index contributed by atoms with van der Waals surface area (Å²) in [5.74, 6) is 0.